The smallest absolute Gasteiger partial charge is 0 e. The van der Waals surface area contributed by atoms with Crippen molar-refractivity contribution in [2.75, 3.05) is 0 Å². The highest BCUT2D eigenvalue weighted by Crippen LogP contribution is 1.51. The molecule has 0 saturated heterocycles. The van der Waals surface area contributed by atoms with Crippen molar-refractivity contribution in [1.82, 2.24) is 0 Å². The second kappa shape index (κ2) is 122. The van der Waals surface area contributed by atoms with E-state index in [2.05, 4.69) is 8.02 Å². The van der Waals surface area contributed by atoms with Crippen LogP contribution in [0.3, 0.4) is 0 Å². The van der Waals surface area contributed by atoms with Gasteiger partial charge in [0.15, 0.2) is 0 Å². The molecule has 0 spiro atoms. The first-order valence-electron chi connectivity index (χ1n) is 16.7. The van der Waals surface area contributed by atoms with Crippen LogP contribution in [0.4, 0.5) is 0 Å². The van der Waals surface area contributed by atoms with E-state index >= 15 is 0 Å². The predicted molar refractivity (Wildman–Crippen MR) is 745 cm³/mol. The summed E-state index contributed by atoms with van der Waals surface area (Å²) in [4.78, 5) is 0. The Kier molecular flexibility index (Phi) is 149. The molecule has 0 atom stereocenters. The SMILES string of the molecule is P=S=S=S=S=S=S=S=S=S=S=S=S=S=S=S=S=S=S=S=S=S=S=S=S=S=S=S=S=S=S=S=S=S=S=S=S=S=S=S=S=S=S=S=S=S=S=S=S=S=S=S=S=S=S=S=S=S=S=S=S=S=S=S=S=S=S=S=S=S=S=S=S=S=S=S=S=S=S=S=S=S=S=S=S=S=S=S=S=S=S=S=S=S=S=S=S=S=S=S=S. The fraction of sp³-hybridized carbons (Fsp3) is 0. The first kappa shape index (κ1) is 123. The molecule has 0 heterocycles. The minimum Gasteiger partial charge on any atom is -0.0540 e. The topological polar surface area (TPSA) is 0 Å². The number of rotatable bonds is 0. The second-order valence-electron chi connectivity index (χ2n) is 6.75. The van der Waals surface area contributed by atoms with Crippen LogP contribution in [-0.4, -0.2) is 0 Å². The molecule has 0 aromatic heterocycles. The van der Waals surface area contributed by atoms with Gasteiger partial charge in [-0.25, -0.2) is 0 Å². The lowest BCUT2D eigenvalue weighted by molar-refractivity contribution is 5.95. The molecule has 0 radical (unpaired) electrons. The van der Waals surface area contributed by atoms with Crippen molar-refractivity contribution in [3.05, 3.63) is 0 Å². The van der Waals surface area contributed by atoms with Crippen molar-refractivity contribution in [2.24, 2.45) is 0 Å². The van der Waals surface area contributed by atoms with E-state index in [4.69, 9.17) is 11.2 Å². The fourth-order valence-electron chi connectivity index (χ4n) is 1.10. The van der Waals surface area contributed by atoms with Gasteiger partial charge in [-0.1, -0.05) is 9.50 Å². The molecule has 0 amide bonds. The minimum absolute atomic E-state index is 1.37. The molecule has 0 aliphatic heterocycles. The highest BCUT2D eigenvalue weighted by molar-refractivity contribution is 8.87. The highest BCUT2D eigenvalue weighted by Gasteiger charge is 1.51. The molecule has 0 bridgehead atoms. The van der Waals surface area contributed by atoms with Gasteiger partial charge >= 0.3 is 0 Å². The largest absolute Gasteiger partial charge is 0.0540 e. The molecule has 0 aromatic carbocycles. The summed E-state index contributed by atoms with van der Waals surface area (Å²) in [7, 11) is 183. The van der Waals surface area contributed by atoms with Crippen molar-refractivity contribution in [3.8, 4) is 0 Å². The van der Waals surface area contributed by atoms with Crippen molar-refractivity contribution >= 4 is 899 Å². The van der Waals surface area contributed by atoms with E-state index in [0.29, 0.717) is 0 Å². The van der Waals surface area contributed by atoms with E-state index in [1.165, 1.54) is 8.88 Å². The van der Waals surface area contributed by atoms with Gasteiger partial charge in [-0.15, -0.1) is 0 Å². The number of hydrogen-bond acceptors (Lipinski definition) is 1. The van der Waals surface area contributed by atoms with Crippen molar-refractivity contribution in [2.45, 2.75) is 0 Å². The van der Waals surface area contributed by atoms with E-state index in [0.717, 1.165) is 0 Å². The van der Waals surface area contributed by atoms with E-state index in [1.54, 1.807) is 98.3 Å². The molecule has 0 N–H and O–H groups in total. The quantitative estimate of drug-likeness (QED) is 0.317. The van der Waals surface area contributed by atoms with Crippen LogP contribution >= 0.6 is 8.02 Å². The first-order valence-corrected chi connectivity index (χ1v) is 150. The Morgan fingerprint density at radius 1 is 0.0792 bits per heavy atom. The van der Waals surface area contributed by atoms with Gasteiger partial charge in [-0.2, -0.15) is 0 Å². The molecule has 0 saturated carbocycles. The first-order chi connectivity index (χ1) is 50.4. The van der Waals surface area contributed by atoms with Crippen LogP contribution in [0, 0.1) is 0 Å². The van der Waals surface area contributed by atoms with Gasteiger partial charge < -0.3 is 0 Å². The summed E-state index contributed by atoms with van der Waals surface area (Å²) < 4.78 is 0. The third kappa shape index (κ3) is 122. The van der Waals surface area contributed by atoms with E-state index in [1.807, 2.05) is 773 Å². The van der Waals surface area contributed by atoms with Crippen LogP contribution in [0.15, 0.2) is 0 Å². The Hall–Kier alpha value is 22.3. The molecule has 0 aliphatic carbocycles. The van der Waals surface area contributed by atoms with E-state index in [9.17, 15) is 0 Å². The average molecular weight is 3240 g/mol. The van der Waals surface area contributed by atoms with Crippen molar-refractivity contribution in [3.63, 3.8) is 0 Å². The van der Waals surface area contributed by atoms with Gasteiger partial charge in [0.25, 0.3) is 0 Å². The summed E-state index contributed by atoms with van der Waals surface area (Å²) in [5.74, 6) is 0. The van der Waals surface area contributed by atoms with Crippen molar-refractivity contribution < 1.29 is 0 Å². The standard InChI is InChI=1S/HPS100/c1-3-5-7-9-11-13-15-17-19-21-23-25-27-29-31-33-35-37-39-41-43-45-47-49-51-53-55-57-59-61-63-65-67-69-71-73-75-77-79-81-83-85-87-89-91-93-95-97-99-101-100-98-96-94-92-90-88-86-84-82-80-78-76-74-72-70-68-66-64-62-60-58-56-54-52-50-48-46-44-42-40-38-36-34-32-30-28-26-24-22-20-18-16-14-12-10-8-6-4-2/h1H. The molecular formula is HPS100. The lowest BCUT2D eigenvalue weighted by Crippen LogP contribution is -1.41. The van der Waals surface area contributed by atoms with Crippen LogP contribution in [-0.2, 0) is 891 Å². The zero-order valence-electron chi connectivity index (χ0n) is 41.3. The summed E-state index contributed by atoms with van der Waals surface area (Å²) in [5, 5.41) is 0. The normalized spacial score (nSPS) is 7.88. The van der Waals surface area contributed by atoms with Crippen LogP contribution < -0.4 is 0 Å². The Balaban J connectivity index is 6.18. The van der Waals surface area contributed by atoms with Gasteiger partial charge in [0.05, 0.1) is 0 Å². The molecule has 0 nitrogen and oxygen atoms in total. The lowest BCUT2D eigenvalue weighted by atomic mass is 30.5. The summed E-state index contributed by atoms with van der Waals surface area (Å²) in [5.41, 5.74) is 0. The molecule has 0 aliphatic rings. The molecule has 0 unspecified atom stereocenters. The number of hydrogen-bond donors (Lipinski definition) is 0. The summed E-state index contributed by atoms with van der Waals surface area (Å²) in [6, 6.07) is 0. The lowest BCUT2D eigenvalue weighted by Gasteiger charge is -1.41. The van der Waals surface area contributed by atoms with E-state index in [-0.39, 0.29) is 0 Å². The van der Waals surface area contributed by atoms with E-state index < -0.39 is 0 Å². The Morgan fingerprint density at radius 2 is 0.129 bits per heavy atom. The highest BCUT2D eigenvalue weighted by atomic mass is 33.6. The van der Waals surface area contributed by atoms with Gasteiger partial charge in [0.2, 0.25) is 0 Å². The average Bonchev–Trinajstić information content (AvgIpc) is 3.68. The minimum atomic E-state index is 1.37. The molecule has 0 rings (SSSR count). The van der Waals surface area contributed by atoms with Gasteiger partial charge in [-0.3, -0.25) is 0 Å². The molecule has 0 fully saturated rings. The summed E-state index contributed by atoms with van der Waals surface area (Å²) in [6.07, 6.45) is 0. The maximum atomic E-state index is 4.83. The van der Waals surface area contributed by atoms with Gasteiger partial charge in [0.1, 0.15) is 0 Å². The van der Waals surface area contributed by atoms with Crippen LogP contribution in [0.25, 0.3) is 0 Å². The molecule has 101 heavy (non-hydrogen) atoms. The maximum Gasteiger partial charge on any atom is 0 e. The summed E-state index contributed by atoms with van der Waals surface area (Å²) >= 11 is 4.83. The Labute approximate surface area is 870 Å². The molecule has 606 valence electrons. The fourth-order valence-corrected chi connectivity index (χ4v) is 268. The van der Waals surface area contributed by atoms with Gasteiger partial charge in [-0.05, 0) is 79.1 Å². The van der Waals surface area contributed by atoms with Crippen LogP contribution in [0.2, 0.25) is 0 Å². The third-order valence-electron chi connectivity index (χ3n) is 2.73. The predicted octanol–water partition coefficient (Wildman–Crippen LogP) is 0.354. The third-order valence-corrected chi connectivity index (χ3v) is 221. The maximum absolute atomic E-state index is 4.83. The van der Waals surface area contributed by atoms with Gasteiger partial charge in [0, 0.05) is 810 Å². The molecule has 0 aromatic rings. The zero-order chi connectivity index (χ0) is 72.0. The Morgan fingerprint density at radius 3 is 0.178 bits per heavy atom. The monoisotopic (exact) mass is 3230 g/mol. The van der Waals surface area contributed by atoms with Crippen LogP contribution in [0.5, 0.6) is 0 Å². The Bertz CT molecular complexity index is 7610. The summed E-state index contributed by atoms with van der Waals surface area (Å²) in [6.45, 7) is 0. The molecule has 101 heteroatoms. The molecular weight excluding hydrogens is 3240 g/mol. The van der Waals surface area contributed by atoms with Crippen molar-refractivity contribution in [1.29, 1.82) is 0 Å². The second-order valence-corrected chi connectivity index (χ2v) is 182. The zero-order valence-corrected chi connectivity index (χ0v) is 124. The van der Waals surface area contributed by atoms with Crippen LogP contribution in [0.1, 0.15) is 0 Å².